The van der Waals surface area contributed by atoms with Crippen molar-refractivity contribution in [2.45, 2.75) is 83.3 Å². The molecule has 2 saturated carbocycles. The van der Waals surface area contributed by atoms with Gasteiger partial charge in [-0.05, 0) is 88.0 Å². The molecular weight excluding hydrogens is 319 g/mol. The first-order valence-electron chi connectivity index (χ1n) is 9.53. The maximum Gasteiger partial charge on any atom is 0.310 e. The molecule has 0 N–H and O–H groups in total. The van der Waals surface area contributed by atoms with Crippen LogP contribution in [0.5, 0.6) is 0 Å². The molecule has 0 radical (unpaired) electrons. The first kappa shape index (κ1) is 18.4. The molecule has 0 amide bonds. The number of ether oxygens (including phenoxy) is 2. The fourth-order valence-electron chi connectivity index (χ4n) is 4.07. The summed E-state index contributed by atoms with van der Waals surface area (Å²) >= 11 is 0. The summed E-state index contributed by atoms with van der Waals surface area (Å²) in [5.74, 6) is -0.145. The van der Waals surface area contributed by atoms with Gasteiger partial charge < -0.3 is 9.47 Å². The fraction of sp³-hybridized carbons (Fsp3) is 0.667. The maximum absolute atomic E-state index is 14.2. The summed E-state index contributed by atoms with van der Waals surface area (Å²) in [6.07, 6.45) is 6.98. The third kappa shape index (κ3) is 4.41. The van der Waals surface area contributed by atoms with Crippen molar-refractivity contribution in [2.75, 3.05) is 6.61 Å². The van der Waals surface area contributed by atoms with Crippen LogP contribution in [-0.4, -0.2) is 24.3 Å². The third-order valence-corrected chi connectivity index (χ3v) is 5.61. The van der Waals surface area contributed by atoms with Crippen molar-refractivity contribution in [2.24, 2.45) is 0 Å². The van der Waals surface area contributed by atoms with Gasteiger partial charge in [-0.15, -0.1) is 0 Å². The van der Waals surface area contributed by atoms with E-state index < -0.39 is 0 Å². The van der Waals surface area contributed by atoms with Gasteiger partial charge in [0.1, 0.15) is 5.82 Å². The molecule has 0 aliphatic heterocycles. The maximum atomic E-state index is 14.2. The lowest BCUT2D eigenvalue weighted by Gasteiger charge is -2.38. The first-order valence-corrected chi connectivity index (χ1v) is 9.53. The molecule has 0 atom stereocenters. The van der Waals surface area contributed by atoms with Crippen molar-refractivity contribution in [1.82, 2.24) is 0 Å². The molecule has 0 heterocycles. The van der Waals surface area contributed by atoms with Crippen LogP contribution >= 0.6 is 0 Å². The summed E-state index contributed by atoms with van der Waals surface area (Å²) in [6.45, 7) is 6.21. The Hall–Kier alpha value is -1.42. The summed E-state index contributed by atoms with van der Waals surface area (Å²) in [5.41, 5.74) is 2.56. The number of hydrogen-bond donors (Lipinski definition) is 0. The van der Waals surface area contributed by atoms with Gasteiger partial charge in [-0.25, -0.2) is 4.39 Å². The molecule has 0 spiro atoms. The Morgan fingerprint density at radius 1 is 1.24 bits per heavy atom. The lowest BCUT2D eigenvalue weighted by atomic mass is 9.74. The molecule has 2 aliphatic carbocycles. The molecule has 4 heteroatoms. The highest BCUT2D eigenvalue weighted by molar-refractivity contribution is 5.73. The van der Waals surface area contributed by atoms with Crippen molar-refractivity contribution in [1.29, 1.82) is 0 Å². The summed E-state index contributed by atoms with van der Waals surface area (Å²) in [7, 11) is 0. The molecule has 3 nitrogen and oxygen atoms in total. The van der Waals surface area contributed by atoms with Gasteiger partial charge in [0.25, 0.3) is 0 Å². The lowest BCUT2D eigenvalue weighted by Crippen LogP contribution is -2.34. The molecule has 0 saturated heterocycles. The second-order valence-corrected chi connectivity index (χ2v) is 7.77. The Kier molecular flexibility index (Phi) is 5.47. The molecular formula is C21H29FO3. The van der Waals surface area contributed by atoms with Crippen molar-refractivity contribution >= 4 is 5.97 Å². The minimum atomic E-state index is -0.243. The molecule has 0 unspecified atom stereocenters. The zero-order chi connectivity index (χ0) is 18.0. The second kappa shape index (κ2) is 7.45. The summed E-state index contributed by atoms with van der Waals surface area (Å²) in [5, 5.41) is 0. The largest absolute Gasteiger partial charge is 0.466 e. The molecule has 2 aliphatic rings. The molecule has 0 aromatic heterocycles. The smallest absolute Gasteiger partial charge is 0.310 e. The molecule has 1 aromatic rings. The van der Waals surface area contributed by atoms with E-state index in [0.717, 1.165) is 36.8 Å². The zero-order valence-electron chi connectivity index (χ0n) is 15.6. The van der Waals surface area contributed by atoms with E-state index in [0.29, 0.717) is 18.3 Å². The van der Waals surface area contributed by atoms with Gasteiger partial charge in [0.2, 0.25) is 0 Å². The van der Waals surface area contributed by atoms with E-state index in [1.165, 1.54) is 18.9 Å². The molecule has 1 aromatic carbocycles. The highest BCUT2D eigenvalue weighted by Gasteiger charge is 2.38. The quantitative estimate of drug-likeness (QED) is 0.691. The predicted octanol–water partition coefficient (Wildman–Crippen LogP) is 4.84. The average Bonchev–Trinajstić information content (AvgIpc) is 3.36. The topological polar surface area (TPSA) is 35.5 Å². The van der Waals surface area contributed by atoms with Crippen LogP contribution in [0.4, 0.5) is 4.39 Å². The van der Waals surface area contributed by atoms with Crippen molar-refractivity contribution in [3.8, 4) is 0 Å². The van der Waals surface area contributed by atoms with Crippen LogP contribution in [0.3, 0.4) is 0 Å². The van der Waals surface area contributed by atoms with E-state index in [-0.39, 0.29) is 29.7 Å². The number of benzene rings is 1. The van der Waals surface area contributed by atoms with Gasteiger partial charge in [-0.2, -0.15) is 0 Å². The highest BCUT2D eigenvalue weighted by atomic mass is 19.1. The molecule has 0 bridgehead atoms. The number of halogens is 1. The van der Waals surface area contributed by atoms with Gasteiger partial charge >= 0.3 is 5.97 Å². The molecule has 25 heavy (non-hydrogen) atoms. The second-order valence-electron chi connectivity index (χ2n) is 7.77. The van der Waals surface area contributed by atoms with Gasteiger partial charge in [-0.3, -0.25) is 4.79 Å². The van der Waals surface area contributed by atoms with Crippen LogP contribution in [0.1, 0.15) is 75.0 Å². The Labute approximate surface area is 149 Å². The Bertz CT molecular complexity index is 628. The lowest BCUT2D eigenvalue weighted by molar-refractivity contribution is -0.142. The van der Waals surface area contributed by atoms with E-state index >= 15 is 0 Å². The van der Waals surface area contributed by atoms with Gasteiger partial charge in [0, 0.05) is 0 Å². The number of esters is 1. The van der Waals surface area contributed by atoms with Gasteiger partial charge in [0.15, 0.2) is 0 Å². The molecule has 138 valence electrons. The monoisotopic (exact) mass is 348 g/mol. The zero-order valence-corrected chi connectivity index (χ0v) is 15.6. The van der Waals surface area contributed by atoms with Crippen molar-refractivity contribution in [3.63, 3.8) is 0 Å². The molecule has 2 fully saturated rings. The Balaban J connectivity index is 1.76. The van der Waals surface area contributed by atoms with E-state index in [1.54, 1.807) is 13.0 Å². The van der Waals surface area contributed by atoms with Crippen LogP contribution < -0.4 is 0 Å². The van der Waals surface area contributed by atoms with Crippen LogP contribution in [0, 0.1) is 12.7 Å². The third-order valence-electron chi connectivity index (χ3n) is 5.61. The SMILES string of the molecule is CCOC(=O)Cc1ccc(F)c(C)c1C1CCC(C)(OC2CC2)CC1. The predicted molar refractivity (Wildman–Crippen MR) is 95.2 cm³/mol. The number of carbonyl (C=O) groups excluding carboxylic acids is 1. The van der Waals surface area contributed by atoms with Crippen molar-refractivity contribution in [3.05, 3.63) is 34.6 Å². The van der Waals surface area contributed by atoms with Crippen LogP contribution in [-0.2, 0) is 20.7 Å². The Morgan fingerprint density at radius 2 is 1.92 bits per heavy atom. The van der Waals surface area contributed by atoms with E-state index in [4.69, 9.17) is 9.47 Å². The first-order chi connectivity index (χ1) is 11.9. The normalized spacial score (nSPS) is 26.5. The summed E-state index contributed by atoms with van der Waals surface area (Å²) in [6, 6.07) is 3.22. The average molecular weight is 348 g/mol. The van der Waals surface area contributed by atoms with E-state index in [9.17, 15) is 9.18 Å². The van der Waals surface area contributed by atoms with Crippen LogP contribution in [0.2, 0.25) is 0 Å². The van der Waals surface area contributed by atoms with E-state index in [2.05, 4.69) is 6.92 Å². The van der Waals surface area contributed by atoms with Crippen LogP contribution in [0.15, 0.2) is 12.1 Å². The number of rotatable bonds is 6. The fourth-order valence-corrected chi connectivity index (χ4v) is 4.07. The van der Waals surface area contributed by atoms with Crippen molar-refractivity contribution < 1.29 is 18.7 Å². The number of hydrogen-bond acceptors (Lipinski definition) is 3. The van der Waals surface area contributed by atoms with Gasteiger partial charge in [-0.1, -0.05) is 6.07 Å². The van der Waals surface area contributed by atoms with E-state index in [1.807, 2.05) is 6.92 Å². The Morgan fingerprint density at radius 3 is 2.52 bits per heavy atom. The highest BCUT2D eigenvalue weighted by Crippen LogP contribution is 2.44. The minimum absolute atomic E-state index is 0.0415. The summed E-state index contributed by atoms with van der Waals surface area (Å²) < 4.78 is 25.5. The molecule has 3 rings (SSSR count). The standard InChI is InChI=1S/C21H29FO3/c1-4-24-19(23)13-16-5-8-18(22)14(2)20(16)15-9-11-21(3,12-10-15)25-17-6-7-17/h5,8,15,17H,4,6-7,9-13H2,1-3H3. The minimum Gasteiger partial charge on any atom is -0.466 e. The number of carbonyl (C=O) groups is 1. The van der Waals surface area contributed by atoms with Crippen LogP contribution in [0.25, 0.3) is 0 Å². The van der Waals surface area contributed by atoms with Gasteiger partial charge in [0.05, 0.1) is 24.7 Å². The summed E-state index contributed by atoms with van der Waals surface area (Å²) in [4.78, 5) is 11.9.